The average Bonchev–Trinajstić information content (AvgIpc) is 2.91. The van der Waals surface area contributed by atoms with Crippen LogP contribution in [0.25, 0.3) is 5.65 Å². The SMILES string of the molecule is Cn1cc(OCc2cn3ccccc3n2)cn1. The van der Waals surface area contributed by atoms with Crippen LogP contribution >= 0.6 is 0 Å². The van der Waals surface area contributed by atoms with Gasteiger partial charge in [0.25, 0.3) is 0 Å². The van der Waals surface area contributed by atoms with Crippen LogP contribution in [0.3, 0.4) is 0 Å². The van der Waals surface area contributed by atoms with Crippen molar-refractivity contribution >= 4 is 5.65 Å². The van der Waals surface area contributed by atoms with E-state index in [1.165, 1.54) is 0 Å². The van der Waals surface area contributed by atoms with E-state index in [-0.39, 0.29) is 0 Å². The van der Waals surface area contributed by atoms with Gasteiger partial charge in [0.1, 0.15) is 12.3 Å². The second-order valence-electron chi connectivity index (χ2n) is 3.84. The molecule has 86 valence electrons. The number of ether oxygens (including phenoxy) is 1. The lowest BCUT2D eigenvalue weighted by Gasteiger charge is -1.98. The molecule has 3 heterocycles. The van der Waals surface area contributed by atoms with Crippen molar-refractivity contribution < 1.29 is 4.74 Å². The van der Waals surface area contributed by atoms with E-state index in [0.717, 1.165) is 17.1 Å². The number of nitrogens with zero attached hydrogens (tertiary/aromatic N) is 4. The van der Waals surface area contributed by atoms with Gasteiger partial charge >= 0.3 is 0 Å². The molecule has 0 aromatic carbocycles. The molecule has 0 fully saturated rings. The van der Waals surface area contributed by atoms with Gasteiger partial charge in [-0.2, -0.15) is 5.10 Å². The van der Waals surface area contributed by atoms with Crippen LogP contribution in [0, 0.1) is 0 Å². The molecule has 0 spiro atoms. The largest absolute Gasteiger partial charge is 0.484 e. The summed E-state index contributed by atoms with van der Waals surface area (Å²) in [6, 6.07) is 5.90. The molecule has 0 aliphatic rings. The molecule has 5 heteroatoms. The normalized spacial score (nSPS) is 10.9. The van der Waals surface area contributed by atoms with Crippen LogP contribution in [0.4, 0.5) is 0 Å². The number of hydrogen-bond donors (Lipinski definition) is 0. The first-order valence-corrected chi connectivity index (χ1v) is 5.35. The van der Waals surface area contributed by atoms with Crippen LogP contribution in [0.2, 0.25) is 0 Å². The Morgan fingerprint density at radius 1 is 1.29 bits per heavy atom. The van der Waals surface area contributed by atoms with Gasteiger partial charge in [0.15, 0.2) is 5.75 Å². The number of fused-ring (bicyclic) bond motifs is 1. The molecule has 0 radical (unpaired) electrons. The van der Waals surface area contributed by atoms with Crippen molar-refractivity contribution in [3.05, 3.63) is 48.7 Å². The summed E-state index contributed by atoms with van der Waals surface area (Å²) in [5, 5.41) is 4.04. The Hall–Kier alpha value is -2.30. The summed E-state index contributed by atoms with van der Waals surface area (Å²) in [6.07, 6.45) is 7.45. The summed E-state index contributed by atoms with van der Waals surface area (Å²) in [7, 11) is 1.86. The fourth-order valence-corrected chi connectivity index (χ4v) is 1.69. The molecule has 0 unspecified atom stereocenters. The maximum Gasteiger partial charge on any atom is 0.157 e. The lowest BCUT2D eigenvalue weighted by molar-refractivity contribution is 0.302. The Labute approximate surface area is 98.3 Å². The van der Waals surface area contributed by atoms with Gasteiger partial charge < -0.3 is 9.14 Å². The van der Waals surface area contributed by atoms with Crippen LogP contribution in [0.5, 0.6) is 5.75 Å². The fourth-order valence-electron chi connectivity index (χ4n) is 1.69. The third kappa shape index (κ3) is 1.99. The van der Waals surface area contributed by atoms with Crippen molar-refractivity contribution in [3.63, 3.8) is 0 Å². The van der Waals surface area contributed by atoms with Crippen LogP contribution in [0.15, 0.2) is 43.0 Å². The summed E-state index contributed by atoms with van der Waals surface area (Å²) >= 11 is 0. The first kappa shape index (κ1) is 9.89. The minimum atomic E-state index is 0.452. The molecule has 3 rings (SSSR count). The van der Waals surface area contributed by atoms with Crippen molar-refractivity contribution in [2.75, 3.05) is 0 Å². The van der Waals surface area contributed by atoms with Crippen molar-refractivity contribution in [2.24, 2.45) is 7.05 Å². The first-order chi connectivity index (χ1) is 8.31. The van der Waals surface area contributed by atoms with Crippen molar-refractivity contribution in [2.45, 2.75) is 6.61 Å². The van der Waals surface area contributed by atoms with Crippen molar-refractivity contribution in [1.82, 2.24) is 19.2 Å². The van der Waals surface area contributed by atoms with Gasteiger partial charge in [0.2, 0.25) is 0 Å². The topological polar surface area (TPSA) is 44.4 Å². The maximum atomic E-state index is 5.58. The lowest BCUT2D eigenvalue weighted by atomic mass is 10.5. The molecular formula is C12H12N4O. The maximum absolute atomic E-state index is 5.58. The number of hydrogen-bond acceptors (Lipinski definition) is 3. The Morgan fingerprint density at radius 3 is 3.00 bits per heavy atom. The third-order valence-corrected chi connectivity index (χ3v) is 2.48. The Balaban J connectivity index is 1.76. The van der Waals surface area contributed by atoms with E-state index in [1.807, 2.05) is 48.2 Å². The van der Waals surface area contributed by atoms with Crippen LogP contribution in [0.1, 0.15) is 5.69 Å². The zero-order valence-corrected chi connectivity index (χ0v) is 9.45. The zero-order chi connectivity index (χ0) is 11.7. The van der Waals surface area contributed by atoms with Crippen molar-refractivity contribution in [1.29, 1.82) is 0 Å². The quantitative estimate of drug-likeness (QED) is 0.684. The monoisotopic (exact) mass is 228 g/mol. The second-order valence-corrected chi connectivity index (χ2v) is 3.84. The average molecular weight is 228 g/mol. The van der Waals surface area contributed by atoms with E-state index in [1.54, 1.807) is 10.9 Å². The lowest BCUT2D eigenvalue weighted by Crippen LogP contribution is -1.94. The standard InChI is InChI=1S/C12H12N4O/c1-15-8-11(6-13-15)17-9-10-7-16-5-3-2-4-12(16)14-10/h2-8H,9H2,1H3. The summed E-state index contributed by atoms with van der Waals surface area (Å²) in [4.78, 5) is 4.45. The van der Waals surface area contributed by atoms with Crippen LogP contribution < -0.4 is 4.74 Å². The highest BCUT2D eigenvalue weighted by Crippen LogP contribution is 2.11. The third-order valence-electron chi connectivity index (χ3n) is 2.48. The second kappa shape index (κ2) is 3.93. The smallest absolute Gasteiger partial charge is 0.157 e. The summed E-state index contributed by atoms with van der Waals surface area (Å²) in [5.74, 6) is 0.754. The number of aromatic nitrogens is 4. The van der Waals surface area contributed by atoms with Gasteiger partial charge in [0.05, 0.1) is 18.1 Å². The number of aryl methyl sites for hydroxylation is 1. The Kier molecular flexibility index (Phi) is 2.29. The predicted molar refractivity (Wildman–Crippen MR) is 62.7 cm³/mol. The molecule has 17 heavy (non-hydrogen) atoms. The molecule has 0 aliphatic heterocycles. The molecule has 0 saturated carbocycles. The van der Waals surface area contributed by atoms with E-state index in [2.05, 4.69) is 10.1 Å². The summed E-state index contributed by atoms with van der Waals surface area (Å²) in [5.41, 5.74) is 1.83. The highest BCUT2D eigenvalue weighted by molar-refractivity contribution is 5.39. The fraction of sp³-hybridized carbons (Fsp3) is 0.167. The highest BCUT2D eigenvalue weighted by atomic mass is 16.5. The van der Waals surface area contributed by atoms with Gasteiger partial charge in [-0.25, -0.2) is 4.98 Å². The predicted octanol–water partition coefficient (Wildman–Crippen LogP) is 1.65. The van der Waals surface area contributed by atoms with E-state index in [9.17, 15) is 0 Å². The van der Waals surface area contributed by atoms with E-state index in [4.69, 9.17) is 4.74 Å². The van der Waals surface area contributed by atoms with Gasteiger partial charge in [-0.3, -0.25) is 4.68 Å². The summed E-state index contributed by atoms with van der Waals surface area (Å²) in [6.45, 7) is 0.452. The molecule has 3 aromatic heterocycles. The van der Waals surface area contributed by atoms with E-state index < -0.39 is 0 Å². The molecule has 5 nitrogen and oxygen atoms in total. The highest BCUT2D eigenvalue weighted by Gasteiger charge is 2.02. The Bertz CT molecular complexity index is 608. The molecule has 0 aliphatic carbocycles. The first-order valence-electron chi connectivity index (χ1n) is 5.35. The molecule has 3 aromatic rings. The molecule has 0 amide bonds. The van der Waals surface area contributed by atoms with E-state index >= 15 is 0 Å². The minimum absolute atomic E-state index is 0.452. The van der Waals surface area contributed by atoms with Gasteiger partial charge in [0, 0.05) is 19.4 Å². The zero-order valence-electron chi connectivity index (χ0n) is 9.45. The molecule has 0 saturated heterocycles. The number of pyridine rings is 1. The number of rotatable bonds is 3. The molecule has 0 bridgehead atoms. The minimum Gasteiger partial charge on any atom is -0.484 e. The van der Waals surface area contributed by atoms with Crippen LogP contribution in [-0.2, 0) is 13.7 Å². The van der Waals surface area contributed by atoms with Gasteiger partial charge in [-0.05, 0) is 12.1 Å². The van der Waals surface area contributed by atoms with Crippen LogP contribution in [-0.4, -0.2) is 19.2 Å². The van der Waals surface area contributed by atoms with Gasteiger partial charge in [-0.15, -0.1) is 0 Å². The van der Waals surface area contributed by atoms with E-state index in [0.29, 0.717) is 6.61 Å². The molecule has 0 N–H and O–H groups in total. The molecule has 0 atom stereocenters. The van der Waals surface area contributed by atoms with Crippen molar-refractivity contribution in [3.8, 4) is 5.75 Å². The number of imidazole rings is 1. The Morgan fingerprint density at radius 2 is 2.24 bits per heavy atom. The van der Waals surface area contributed by atoms with Gasteiger partial charge in [-0.1, -0.05) is 6.07 Å². The molecular weight excluding hydrogens is 216 g/mol. The summed E-state index contributed by atoms with van der Waals surface area (Å²) < 4.78 is 9.26.